The Hall–Kier alpha value is -0.900. The van der Waals surface area contributed by atoms with E-state index >= 15 is 0 Å². The highest BCUT2D eigenvalue weighted by atomic mass is 32.1. The van der Waals surface area contributed by atoms with Crippen LogP contribution in [0.5, 0.6) is 0 Å². The summed E-state index contributed by atoms with van der Waals surface area (Å²) in [6, 6.07) is 0.688. The Morgan fingerprint density at radius 2 is 2.25 bits per heavy atom. The van der Waals surface area contributed by atoms with Crippen LogP contribution in [-0.4, -0.2) is 23.4 Å². The lowest BCUT2D eigenvalue weighted by Crippen LogP contribution is -2.24. The van der Waals surface area contributed by atoms with Gasteiger partial charge in [-0.2, -0.15) is 0 Å². The molecule has 0 bridgehead atoms. The molecule has 0 spiro atoms. The zero-order valence-electron chi connectivity index (χ0n) is 9.53. The molecule has 0 N–H and O–H groups in total. The molecule has 1 saturated carbocycles. The smallest absolute Gasteiger partial charge is 0.186 e. The summed E-state index contributed by atoms with van der Waals surface area (Å²) in [7, 11) is 0. The molecule has 0 atom stereocenters. The predicted molar refractivity (Wildman–Crippen MR) is 65.4 cm³/mol. The Labute approximate surface area is 99.5 Å². The summed E-state index contributed by atoms with van der Waals surface area (Å²) < 4.78 is 0. The Kier molecular flexibility index (Phi) is 2.46. The van der Waals surface area contributed by atoms with Crippen molar-refractivity contribution in [1.82, 2.24) is 4.98 Å². The molecule has 16 heavy (non-hydrogen) atoms. The van der Waals surface area contributed by atoms with Crippen molar-refractivity contribution >= 4 is 22.3 Å². The van der Waals surface area contributed by atoms with Gasteiger partial charge in [-0.15, -0.1) is 11.3 Å². The molecule has 1 heterocycles. The second kappa shape index (κ2) is 3.84. The first-order valence-electron chi connectivity index (χ1n) is 6.09. The number of aromatic nitrogens is 1. The maximum absolute atomic E-state index is 11.7. The molecule has 1 aromatic heterocycles. The van der Waals surface area contributed by atoms with Gasteiger partial charge in [0.15, 0.2) is 10.9 Å². The summed E-state index contributed by atoms with van der Waals surface area (Å²) in [6.45, 7) is 3.17. The van der Waals surface area contributed by atoms with Crippen molar-refractivity contribution in [2.24, 2.45) is 0 Å². The summed E-state index contributed by atoms with van der Waals surface area (Å²) in [6.07, 6.45) is 5.30. The van der Waals surface area contributed by atoms with Gasteiger partial charge < -0.3 is 4.90 Å². The maximum Gasteiger partial charge on any atom is 0.186 e. The number of rotatable bonds is 3. The first-order chi connectivity index (χ1) is 7.79. The monoisotopic (exact) mass is 236 g/mol. The van der Waals surface area contributed by atoms with Crippen LogP contribution in [0.25, 0.3) is 0 Å². The van der Waals surface area contributed by atoms with Crippen LogP contribution in [0.4, 0.5) is 5.13 Å². The van der Waals surface area contributed by atoms with Gasteiger partial charge in [0.25, 0.3) is 0 Å². The van der Waals surface area contributed by atoms with Crippen LogP contribution < -0.4 is 4.90 Å². The maximum atomic E-state index is 11.7. The quantitative estimate of drug-likeness (QED) is 0.809. The summed E-state index contributed by atoms with van der Waals surface area (Å²) in [5.41, 5.74) is 0.769. The molecule has 3 rings (SSSR count). The van der Waals surface area contributed by atoms with Gasteiger partial charge in [0.1, 0.15) is 5.69 Å². The fraction of sp³-hybridized carbons (Fsp3) is 0.667. The number of hydrogen-bond acceptors (Lipinski definition) is 4. The number of thiazole rings is 1. The van der Waals surface area contributed by atoms with E-state index in [9.17, 15) is 4.79 Å². The van der Waals surface area contributed by atoms with Crippen molar-refractivity contribution in [2.45, 2.75) is 45.1 Å². The minimum atomic E-state index is 0.246. The van der Waals surface area contributed by atoms with Crippen LogP contribution in [0.2, 0.25) is 0 Å². The van der Waals surface area contributed by atoms with E-state index in [1.165, 1.54) is 17.7 Å². The molecule has 4 heteroatoms. The fourth-order valence-electron chi connectivity index (χ4n) is 2.31. The Morgan fingerprint density at radius 3 is 2.88 bits per heavy atom. The van der Waals surface area contributed by atoms with E-state index in [1.807, 2.05) is 0 Å². The molecule has 0 saturated heterocycles. The van der Waals surface area contributed by atoms with Crippen molar-refractivity contribution in [3.63, 3.8) is 0 Å². The predicted octanol–water partition coefficient (Wildman–Crippen LogP) is 2.65. The van der Waals surface area contributed by atoms with Gasteiger partial charge >= 0.3 is 0 Å². The van der Waals surface area contributed by atoms with E-state index in [2.05, 4.69) is 16.8 Å². The highest BCUT2D eigenvalue weighted by Gasteiger charge is 2.32. The number of anilines is 1. The molecule has 86 valence electrons. The zero-order valence-corrected chi connectivity index (χ0v) is 10.3. The zero-order chi connectivity index (χ0) is 11.1. The van der Waals surface area contributed by atoms with Crippen LogP contribution >= 0.6 is 11.3 Å². The molecule has 0 unspecified atom stereocenters. The lowest BCUT2D eigenvalue weighted by atomic mass is 10.0. The van der Waals surface area contributed by atoms with Gasteiger partial charge in [-0.05, 0) is 32.6 Å². The second-order valence-electron chi connectivity index (χ2n) is 4.56. The molecule has 0 amide bonds. The Bertz CT molecular complexity index is 423. The van der Waals surface area contributed by atoms with Crippen LogP contribution in [0.3, 0.4) is 0 Å². The summed E-state index contributed by atoms with van der Waals surface area (Å²) in [4.78, 5) is 19.9. The summed E-state index contributed by atoms with van der Waals surface area (Å²) >= 11 is 1.73. The van der Waals surface area contributed by atoms with Gasteiger partial charge in [-0.3, -0.25) is 4.79 Å². The first-order valence-corrected chi connectivity index (χ1v) is 6.90. The molecular formula is C12H16N2OS. The van der Waals surface area contributed by atoms with Crippen molar-refractivity contribution in [2.75, 3.05) is 11.4 Å². The van der Waals surface area contributed by atoms with Crippen LogP contribution in [-0.2, 0) is 6.42 Å². The largest absolute Gasteiger partial charge is 0.345 e. The lowest BCUT2D eigenvalue weighted by molar-refractivity contribution is 0.0968. The summed E-state index contributed by atoms with van der Waals surface area (Å²) in [5.74, 6) is 0.246. The SMILES string of the molecule is CCN(c1nc2c(s1)CCCC2=O)C1CC1. The highest BCUT2D eigenvalue weighted by molar-refractivity contribution is 7.16. The lowest BCUT2D eigenvalue weighted by Gasteiger charge is -2.18. The highest BCUT2D eigenvalue weighted by Crippen LogP contribution is 2.37. The van der Waals surface area contributed by atoms with Gasteiger partial charge in [0, 0.05) is 23.9 Å². The number of aryl methyl sites for hydroxylation is 1. The average Bonchev–Trinajstić information content (AvgIpc) is 2.99. The topological polar surface area (TPSA) is 33.2 Å². The number of ketones is 1. The van der Waals surface area contributed by atoms with Crippen molar-refractivity contribution < 1.29 is 4.79 Å². The first kappa shape index (κ1) is 10.3. The normalized spacial score (nSPS) is 19.7. The van der Waals surface area contributed by atoms with Crippen LogP contribution in [0, 0.1) is 0 Å². The third kappa shape index (κ3) is 1.65. The van der Waals surface area contributed by atoms with Crippen LogP contribution in [0.15, 0.2) is 0 Å². The van der Waals surface area contributed by atoms with Crippen molar-refractivity contribution in [1.29, 1.82) is 0 Å². The van der Waals surface area contributed by atoms with E-state index in [-0.39, 0.29) is 5.78 Å². The minimum absolute atomic E-state index is 0.246. The number of hydrogen-bond donors (Lipinski definition) is 0. The van der Waals surface area contributed by atoms with Crippen molar-refractivity contribution in [3.8, 4) is 0 Å². The molecule has 0 radical (unpaired) electrons. The van der Waals surface area contributed by atoms with E-state index in [4.69, 9.17) is 0 Å². The van der Waals surface area contributed by atoms with E-state index in [0.29, 0.717) is 12.5 Å². The standard InChI is InChI=1S/C12H16N2OS/c1-2-14(8-6-7-8)12-13-11-9(15)4-3-5-10(11)16-12/h8H,2-7H2,1H3. The molecule has 0 aliphatic heterocycles. The Balaban J connectivity index is 1.93. The van der Waals surface area contributed by atoms with E-state index in [0.717, 1.165) is 30.2 Å². The van der Waals surface area contributed by atoms with E-state index in [1.54, 1.807) is 11.3 Å². The van der Waals surface area contributed by atoms with E-state index < -0.39 is 0 Å². The van der Waals surface area contributed by atoms with Crippen molar-refractivity contribution in [3.05, 3.63) is 10.6 Å². The number of nitrogens with zero attached hydrogens (tertiary/aromatic N) is 2. The van der Waals surface area contributed by atoms with Gasteiger partial charge in [-0.1, -0.05) is 0 Å². The molecule has 2 aliphatic carbocycles. The summed E-state index contributed by atoms with van der Waals surface area (Å²) in [5, 5.41) is 1.07. The molecule has 2 aliphatic rings. The van der Waals surface area contributed by atoms with Gasteiger partial charge in [-0.25, -0.2) is 4.98 Å². The number of carbonyl (C=O) groups is 1. The Morgan fingerprint density at radius 1 is 1.44 bits per heavy atom. The average molecular weight is 236 g/mol. The fourth-order valence-corrected chi connectivity index (χ4v) is 3.57. The van der Waals surface area contributed by atoms with Crippen LogP contribution in [0.1, 0.15) is 48.0 Å². The number of carbonyl (C=O) groups excluding carboxylic acids is 1. The molecule has 1 fully saturated rings. The van der Waals surface area contributed by atoms with Gasteiger partial charge in [0.05, 0.1) is 0 Å². The molecule has 0 aromatic carbocycles. The second-order valence-corrected chi connectivity index (χ2v) is 5.62. The third-order valence-corrected chi connectivity index (χ3v) is 4.48. The molecular weight excluding hydrogens is 220 g/mol. The molecule has 3 nitrogen and oxygen atoms in total. The minimum Gasteiger partial charge on any atom is -0.345 e. The number of fused-ring (bicyclic) bond motifs is 1. The molecule has 1 aromatic rings. The third-order valence-electron chi connectivity index (χ3n) is 3.33. The van der Waals surface area contributed by atoms with Gasteiger partial charge in [0.2, 0.25) is 0 Å². The number of Topliss-reactive ketones (excluding diaryl/α,β-unsaturated/α-hetero) is 1.